The van der Waals surface area contributed by atoms with Crippen molar-refractivity contribution in [3.8, 4) is 10.7 Å². The monoisotopic (exact) mass is 446 g/mol. The van der Waals surface area contributed by atoms with Gasteiger partial charge in [-0.25, -0.2) is 13.1 Å². The molecule has 1 amide bonds. The number of benzene rings is 1. The van der Waals surface area contributed by atoms with Crippen LogP contribution in [0, 0.1) is 5.92 Å². The molecule has 1 fully saturated rings. The van der Waals surface area contributed by atoms with Crippen molar-refractivity contribution in [1.29, 1.82) is 0 Å². The van der Waals surface area contributed by atoms with Gasteiger partial charge in [0.25, 0.3) is 0 Å². The Balaban J connectivity index is 1.23. The highest BCUT2D eigenvalue weighted by molar-refractivity contribution is 7.89. The molecule has 0 atom stereocenters. The predicted octanol–water partition coefficient (Wildman–Crippen LogP) is 3.45. The quantitative estimate of drug-likeness (QED) is 0.493. The van der Waals surface area contributed by atoms with Crippen LogP contribution in [0.4, 0.5) is 5.69 Å². The van der Waals surface area contributed by atoms with Crippen LogP contribution in [0.2, 0.25) is 0 Å². The first-order chi connectivity index (χ1) is 14.5. The molecule has 0 radical (unpaired) electrons. The maximum Gasteiger partial charge on any atom is 0.240 e. The molecule has 0 unspecified atom stereocenters. The number of carbonyl (C=O) groups is 1. The van der Waals surface area contributed by atoms with E-state index in [1.807, 2.05) is 17.5 Å². The third kappa shape index (κ3) is 5.53. The molecule has 1 aliphatic carbocycles. The Labute approximate surface area is 178 Å². The molecular formula is C20H22N4O4S2. The number of carbonyl (C=O) groups excluding carboxylic acids is 1. The van der Waals surface area contributed by atoms with Gasteiger partial charge in [0.2, 0.25) is 27.6 Å². The molecule has 8 nitrogen and oxygen atoms in total. The highest BCUT2D eigenvalue weighted by Gasteiger charge is 2.24. The Morgan fingerprint density at radius 2 is 2.00 bits per heavy atom. The van der Waals surface area contributed by atoms with Gasteiger partial charge < -0.3 is 9.84 Å². The van der Waals surface area contributed by atoms with E-state index in [2.05, 4.69) is 20.2 Å². The molecule has 0 saturated heterocycles. The lowest BCUT2D eigenvalue weighted by atomic mass is 10.2. The summed E-state index contributed by atoms with van der Waals surface area (Å²) in [5.41, 5.74) is 0.555. The number of amides is 1. The largest absolute Gasteiger partial charge is 0.339 e. The second-order valence-corrected chi connectivity index (χ2v) is 9.93. The molecule has 1 aromatic carbocycles. The van der Waals surface area contributed by atoms with Crippen molar-refractivity contribution in [2.24, 2.45) is 5.92 Å². The van der Waals surface area contributed by atoms with Crippen molar-refractivity contribution in [3.05, 3.63) is 47.7 Å². The van der Waals surface area contributed by atoms with Crippen molar-refractivity contribution < 1.29 is 17.7 Å². The van der Waals surface area contributed by atoms with Gasteiger partial charge in [0.05, 0.1) is 9.77 Å². The normalized spacial score (nSPS) is 14.0. The Hall–Kier alpha value is -2.56. The van der Waals surface area contributed by atoms with Gasteiger partial charge in [-0.3, -0.25) is 4.79 Å². The summed E-state index contributed by atoms with van der Waals surface area (Å²) < 4.78 is 32.3. The van der Waals surface area contributed by atoms with E-state index in [-0.39, 0.29) is 10.8 Å². The fourth-order valence-electron chi connectivity index (χ4n) is 2.84. The minimum atomic E-state index is -3.51. The van der Waals surface area contributed by atoms with Gasteiger partial charge >= 0.3 is 0 Å². The Bertz CT molecular complexity index is 1090. The van der Waals surface area contributed by atoms with Crippen LogP contribution >= 0.6 is 11.3 Å². The van der Waals surface area contributed by atoms with Gasteiger partial charge in [-0.05, 0) is 60.9 Å². The summed E-state index contributed by atoms with van der Waals surface area (Å²) in [7, 11) is -3.51. The molecule has 1 saturated carbocycles. The molecule has 30 heavy (non-hydrogen) atoms. The summed E-state index contributed by atoms with van der Waals surface area (Å²) in [5, 5.41) is 8.67. The van der Waals surface area contributed by atoms with E-state index >= 15 is 0 Å². The molecule has 2 heterocycles. The van der Waals surface area contributed by atoms with Crippen molar-refractivity contribution >= 4 is 33.0 Å². The number of anilines is 1. The van der Waals surface area contributed by atoms with Gasteiger partial charge in [0.1, 0.15) is 0 Å². The van der Waals surface area contributed by atoms with E-state index in [0.29, 0.717) is 49.1 Å². The van der Waals surface area contributed by atoms with Crippen LogP contribution in [-0.2, 0) is 21.2 Å². The van der Waals surface area contributed by atoms with Crippen molar-refractivity contribution in [3.63, 3.8) is 0 Å². The third-order valence-corrected chi connectivity index (χ3v) is 7.02. The summed E-state index contributed by atoms with van der Waals surface area (Å²) in [5.74, 6) is 1.37. The van der Waals surface area contributed by atoms with E-state index in [1.54, 1.807) is 12.1 Å². The number of aromatic nitrogens is 2. The summed E-state index contributed by atoms with van der Waals surface area (Å²) in [6.45, 7) is 0.482. The van der Waals surface area contributed by atoms with Crippen LogP contribution in [0.25, 0.3) is 10.7 Å². The van der Waals surface area contributed by atoms with Gasteiger partial charge in [-0.2, -0.15) is 4.98 Å². The lowest BCUT2D eigenvalue weighted by Crippen LogP contribution is -2.25. The van der Waals surface area contributed by atoms with E-state index in [9.17, 15) is 13.2 Å². The lowest BCUT2D eigenvalue weighted by Gasteiger charge is -2.08. The molecule has 0 aliphatic heterocycles. The zero-order valence-corrected chi connectivity index (χ0v) is 17.8. The number of thiophene rings is 1. The second kappa shape index (κ2) is 9.07. The molecular weight excluding hydrogens is 424 g/mol. The number of rotatable bonds is 10. The molecule has 158 valence electrons. The van der Waals surface area contributed by atoms with Crippen LogP contribution in [0.1, 0.15) is 31.6 Å². The SMILES string of the molecule is O=C(CCCc1nc(-c2cccs2)no1)Nc1ccc(S(=O)(=O)NCC2CC2)cc1. The van der Waals surface area contributed by atoms with Gasteiger partial charge in [0.15, 0.2) is 0 Å². The number of sulfonamides is 1. The minimum Gasteiger partial charge on any atom is -0.339 e. The minimum absolute atomic E-state index is 0.157. The molecule has 0 bridgehead atoms. The average Bonchev–Trinajstić information content (AvgIpc) is 3.18. The summed E-state index contributed by atoms with van der Waals surface area (Å²) in [6.07, 6.45) is 3.52. The molecule has 0 spiro atoms. The van der Waals surface area contributed by atoms with Crippen LogP contribution in [-0.4, -0.2) is 31.0 Å². The first kappa shape index (κ1) is 20.7. The molecule has 4 rings (SSSR count). The zero-order chi connectivity index (χ0) is 21.0. The Morgan fingerprint density at radius 3 is 2.70 bits per heavy atom. The smallest absolute Gasteiger partial charge is 0.240 e. The van der Waals surface area contributed by atoms with Crippen LogP contribution in [0.3, 0.4) is 0 Å². The van der Waals surface area contributed by atoms with Gasteiger partial charge in [0, 0.05) is 25.1 Å². The second-order valence-electron chi connectivity index (χ2n) is 7.21. The average molecular weight is 447 g/mol. The maximum atomic E-state index is 12.2. The number of nitrogens with one attached hydrogen (secondary N) is 2. The number of nitrogens with zero attached hydrogens (tertiary/aromatic N) is 2. The van der Waals surface area contributed by atoms with E-state index in [4.69, 9.17) is 4.52 Å². The van der Waals surface area contributed by atoms with E-state index in [1.165, 1.54) is 23.5 Å². The summed E-state index contributed by atoms with van der Waals surface area (Å²) in [4.78, 5) is 17.6. The standard InChI is InChI=1S/C20H22N4O4S2/c25-18(4-1-5-19-23-20(24-28-19)17-3-2-12-29-17)22-15-8-10-16(11-9-15)30(26,27)21-13-14-6-7-14/h2-3,8-12,14,21H,1,4-7,13H2,(H,22,25). The lowest BCUT2D eigenvalue weighted by molar-refractivity contribution is -0.116. The number of hydrogen-bond acceptors (Lipinski definition) is 7. The molecule has 1 aliphatic rings. The van der Waals surface area contributed by atoms with E-state index in [0.717, 1.165) is 17.7 Å². The van der Waals surface area contributed by atoms with E-state index < -0.39 is 10.0 Å². The molecule has 3 aromatic rings. The van der Waals surface area contributed by atoms with Crippen molar-refractivity contribution in [1.82, 2.24) is 14.9 Å². The first-order valence-electron chi connectivity index (χ1n) is 9.76. The zero-order valence-electron chi connectivity index (χ0n) is 16.2. The fourth-order valence-corrected chi connectivity index (χ4v) is 4.60. The highest BCUT2D eigenvalue weighted by Crippen LogP contribution is 2.28. The summed E-state index contributed by atoms with van der Waals surface area (Å²) >= 11 is 1.54. The maximum absolute atomic E-state index is 12.2. The van der Waals surface area contributed by atoms with Crippen molar-refractivity contribution in [2.45, 2.75) is 37.0 Å². The molecule has 10 heteroatoms. The number of aryl methyl sites for hydroxylation is 1. The third-order valence-electron chi connectivity index (χ3n) is 4.71. The predicted molar refractivity (Wildman–Crippen MR) is 114 cm³/mol. The van der Waals surface area contributed by atoms with Gasteiger partial charge in [-0.1, -0.05) is 11.2 Å². The topological polar surface area (TPSA) is 114 Å². The first-order valence-corrected chi connectivity index (χ1v) is 12.1. The van der Waals surface area contributed by atoms with Crippen LogP contribution < -0.4 is 10.0 Å². The number of hydrogen-bond donors (Lipinski definition) is 2. The summed E-state index contributed by atoms with van der Waals surface area (Å²) in [6, 6.07) is 10.0. The van der Waals surface area contributed by atoms with Crippen LogP contribution in [0.15, 0.2) is 51.2 Å². The Morgan fingerprint density at radius 1 is 1.20 bits per heavy atom. The molecule has 2 aromatic heterocycles. The van der Waals surface area contributed by atoms with Gasteiger partial charge in [-0.15, -0.1) is 11.3 Å². The fraction of sp³-hybridized carbons (Fsp3) is 0.350. The Kier molecular flexibility index (Phi) is 6.26. The van der Waals surface area contributed by atoms with Crippen LogP contribution in [0.5, 0.6) is 0 Å². The highest BCUT2D eigenvalue weighted by atomic mass is 32.2. The molecule has 2 N–H and O–H groups in total. The van der Waals surface area contributed by atoms with Crippen molar-refractivity contribution in [2.75, 3.05) is 11.9 Å².